The highest BCUT2D eigenvalue weighted by Crippen LogP contribution is 2.30. The third kappa shape index (κ3) is 4.55. The molecular weight excluding hydrogens is 182 g/mol. The summed E-state index contributed by atoms with van der Waals surface area (Å²) in [5.41, 5.74) is 0. The van der Waals surface area contributed by atoms with E-state index < -0.39 is 0 Å². The molecule has 0 aromatic rings. The minimum Gasteiger partial charge on any atom is -0.306 e. The Bertz CT molecular complexity index is 147. The van der Waals surface area contributed by atoms with E-state index >= 15 is 0 Å². The summed E-state index contributed by atoms with van der Waals surface area (Å²) in [5.74, 6) is 2.03. The Balaban J connectivity index is 2.32. The summed E-state index contributed by atoms with van der Waals surface area (Å²) < 4.78 is 0. The molecule has 1 heterocycles. The number of unbranched alkanes of at least 4 members (excludes halogenated alkanes) is 2. The van der Waals surface area contributed by atoms with Gasteiger partial charge in [-0.1, -0.05) is 52.4 Å². The topological polar surface area (TPSA) is 3.24 Å². The highest BCUT2D eigenvalue weighted by Gasteiger charge is 2.26. The van der Waals surface area contributed by atoms with Crippen molar-refractivity contribution < 1.29 is 0 Å². The van der Waals surface area contributed by atoms with Crippen molar-refractivity contribution in [3.63, 3.8) is 0 Å². The first kappa shape index (κ1) is 13.0. The van der Waals surface area contributed by atoms with E-state index in [0.29, 0.717) is 0 Å². The normalized spacial score (nSPS) is 22.8. The molecule has 1 aliphatic rings. The molecule has 1 fully saturated rings. The van der Waals surface area contributed by atoms with Crippen molar-refractivity contribution in [1.82, 2.24) is 4.90 Å². The number of hydrogen-bond acceptors (Lipinski definition) is 1. The molecule has 0 aromatic heterocycles. The van der Waals surface area contributed by atoms with Crippen molar-refractivity contribution in [2.75, 3.05) is 20.1 Å². The van der Waals surface area contributed by atoms with Crippen LogP contribution in [0.2, 0.25) is 0 Å². The second kappa shape index (κ2) is 7.27. The summed E-state index contributed by atoms with van der Waals surface area (Å²) in [6.45, 7) is 7.33. The van der Waals surface area contributed by atoms with E-state index in [1.54, 1.807) is 0 Å². The molecule has 1 saturated heterocycles. The van der Waals surface area contributed by atoms with Gasteiger partial charge in [0.15, 0.2) is 0 Å². The molecular formula is C14H29N. The predicted molar refractivity (Wildman–Crippen MR) is 68.1 cm³/mol. The molecule has 1 rings (SSSR count). The Morgan fingerprint density at radius 1 is 1.13 bits per heavy atom. The highest BCUT2D eigenvalue weighted by molar-refractivity contribution is 4.79. The lowest BCUT2D eigenvalue weighted by molar-refractivity contribution is 0.277. The smallest absolute Gasteiger partial charge is 0.000973 e. The largest absolute Gasteiger partial charge is 0.306 e. The predicted octanol–water partition coefficient (Wildman–Crippen LogP) is 3.93. The van der Waals surface area contributed by atoms with Crippen LogP contribution in [0.15, 0.2) is 0 Å². The summed E-state index contributed by atoms with van der Waals surface area (Å²) in [6, 6.07) is 0. The van der Waals surface area contributed by atoms with Crippen LogP contribution < -0.4 is 0 Å². The van der Waals surface area contributed by atoms with Gasteiger partial charge in [0, 0.05) is 6.54 Å². The molecule has 1 aliphatic heterocycles. The molecule has 0 amide bonds. The van der Waals surface area contributed by atoms with E-state index in [4.69, 9.17) is 0 Å². The fourth-order valence-corrected chi connectivity index (χ4v) is 2.90. The average Bonchev–Trinajstić information content (AvgIpc) is 2.65. The quantitative estimate of drug-likeness (QED) is 0.616. The van der Waals surface area contributed by atoms with Crippen molar-refractivity contribution >= 4 is 0 Å². The third-order valence-corrected chi connectivity index (χ3v) is 3.95. The molecule has 0 aromatic carbocycles. The van der Waals surface area contributed by atoms with E-state index in [0.717, 1.165) is 11.8 Å². The lowest BCUT2D eigenvalue weighted by Gasteiger charge is -2.23. The van der Waals surface area contributed by atoms with Crippen LogP contribution in [0.1, 0.15) is 58.8 Å². The van der Waals surface area contributed by atoms with E-state index in [2.05, 4.69) is 25.8 Å². The monoisotopic (exact) mass is 211 g/mol. The van der Waals surface area contributed by atoms with Gasteiger partial charge < -0.3 is 4.90 Å². The molecule has 0 bridgehead atoms. The van der Waals surface area contributed by atoms with Crippen LogP contribution in [0.25, 0.3) is 0 Å². The zero-order chi connectivity index (χ0) is 11.1. The minimum atomic E-state index is 1.01. The van der Waals surface area contributed by atoms with Gasteiger partial charge in [-0.2, -0.15) is 0 Å². The maximum Gasteiger partial charge on any atom is 0.000973 e. The van der Waals surface area contributed by atoms with E-state index in [1.807, 2.05) is 0 Å². The first-order valence-electron chi connectivity index (χ1n) is 6.96. The maximum absolute atomic E-state index is 2.51. The lowest BCUT2D eigenvalue weighted by atomic mass is 9.83. The highest BCUT2D eigenvalue weighted by atomic mass is 15.1. The molecule has 0 aliphatic carbocycles. The van der Waals surface area contributed by atoms with Crippen LogP contribution in [0, 0.1) is 11.8 Å². The van der Waals surface area contributed by atoms with Crippen LogP contribution in [0.5, 0.6) is 0 Å². The van der Waals surface area contributed by atoms with Crippen molar-refractivity contribution in [2.45, 2.75) is 58.8 Å². The molecule has 0 saturated carbocycles. The van der Waals surface area contributed by atoms with Gasteiger partial charge in [-0.3, -0.25) is 0 Å². The molecule has 0 radical (unpaired) electrons. The fourth-order valence-electron chi connectivity index (χ4n) is 2.90. The molecule has 1 nitrogen and oxygen atoms in total. The van der Waals surface area contributed by atoms with Crippen LogP contribution in [0.4, 0.5) is 0 Å². The van der Waals surface area contributed by atoms with Crippen molar-refractivity contribution in [2.24, 2.45) is 11.8 Å². The zero-order valence-corrected chi connectivity index (χ0v) is 11.0. The van der Waals surface area contributed by atoms with Gasteiger partial charge in [-0.05, 0) is 31.8 Å². The number of rotatable bonds is 7. The first-order valence-corrected chi connectivity index (χ1v) is 6.96. The Kier molecular flexibility index (Phi) is 6.31. The Morgan fingerprint density at radius 2 is 1.73 bits per heavy atom. The van der Waals surface area contributed by atoms with Crippen LogP contribution in [-0.2, 0) is 0 Å². The minimum absolute atomic E-state index is 1.01. The number of nitrogens with zero attached hydrogens (tertiary/aromatic N) is 1. The zero-order valence-electron chi connectivity index (χ0n) is 11.0. The first-order chi connectivity index (χ1) is 7.27. The van der Waals surface area contributed by atoms with Gasteiger partial charge in [0.05, 0.1) is 0 Å². The second-order valence-corrected chi connectivity index (χ2v) is 5.36. The Labute approximate surface area is 96.2 Å². The number of likely N-dealkylation sites (tertiary alicyclic amines) is 1. The van der Waals surface area contributed by atoms with Crippen LogP contribution >= 0.6 is 0 Å². The van der Waals surface area contributed by atoms with E-state index in [9.17, 15) is 0 Å². The molecule has 15 heavy (non-hydrogen) atoms. The van der Waals surface area contributed by atoms with Crippen molar-refractivity contribution in [3.8, 4) is 0 Å². The summed E-state index contributed by atoms with van der Waals surface area (Å²) >= 11 is 0. The lowest BCUT2D eigenvalue weighted by Crippen LogP contribution is -2.19. The van der Waals surface area contributed by atoms with Gasteiger partial charge in [0.1, 0.15) is 0 Å². The van der Waals surface area contributed by atoms with Gasteiger partial charge in [-0.15, -0.1) is 0 Å². The molecule has 1 heteroatoms. The molecule has 1 atom stereocenters. The summed E-state index contributed by atoms with van der Waals surface area (Å²) in [7, 11) is 2.27. The average molecular weight is 211 g/mol. The number of hydrogen-bond donors (Lipinski definition) is 0. The van der Waals surface area contributed by atoms with Crippen molar-refractivity contribution in [3.05, 3.63) is 0 Å². The maximum atomic E-state index is 2.51. The third-order valence-electron chi connectivity index (χ3n) is 3.95. The molecule has 0 N–H and O–H groups in total. The molecule has 0 spiro atoms. The van der Waals surface area contributed by atoms with Gasteiger partial charge in [0.2, 0.25) is 0 Å². The second-order valence-electron chi connectivity index (χ2n) is 5.36. The van der Waals surface area contributed by atoms with Crippen LogP contribution in [0.3, 0.4) is 0 Å². The fraction of sp³-hybridized carbons (Fsp3) is 1.00. The summed E-state index contributed by atoms with van der Waals surface area (Å²) in [5, 5.41) is 0. The van der Waals surface area contributed by atoms with Gasteiger partial charge in [-0.25, -0.2) is 0 Å². The van der Waals surface area contributed by atoms with Crippen LogP contribution in [-0.4, -0.2) is 25.0 Å². The van der Waals surface area contributed by atoms with Gasteiger partial charge in [0.25, 0.3) is 0 Å². The Hall–Kier alpha value is -0.0400. The standard InChI is InChI=1S/C14H29N/c1-4-6-8-13(9-7-5-2)14-10-11-15(3)12-14/h13-14H,4-12H2,1-3H3. The van der Waals surface area contributed by atoms with Crippen molar-refractivity contribution in [1.29, 1.82) is 0 Å². The summed E-state index contributed by atoms with van der Waals surface area (Å²) in [4.78, 5) is 2.51. The molecule has 1 unspecified atom stereocenters. The molecule has 90 valence electrons. The van der Waals surface area contributed by atoms with E-state index in [1.165, 1.54) is 58.0 Å². The summed E-state index contributed by atoms with van der Waals surface area (Å²) in [6.07, 6.45) is 10.0. The SMILES string of the molecule is CCCCC(CCCC)C1CCN(C)C1. The van der Waals surface area contributed by atoms with E-state index in [-0.39, 0.29) is 0 Å². The Morgan fingerprint density at radius 3 is 2.13 bits per heavy atom. The van der Waals surface area contributed by atoms with Gasteiger partial charge >= 0.3 is 0 Å².